The molecule has 0 bridgehead atoms. The fraction of sp³-hybridized carbons (Fsp3) is 0.333. The summed E-state index contributed by atoms with van der Waals surface area (Å²) < 4.78 is 12.4. The van der Waals surface area contributed by atoms with Crippen molar-refractivity contribution in [2.24, 2.45) is 0 Å². The van der Waals surface area contributed by atoms with E-state index in [1.165, 1.54) is 33.4 Å². The summed E-state index contributed by atoms with van der Waals surface area (Å²) >= 11 is 0. The van der Waals surface area contributed by atoms with E-state index in [0.29, 0.717) is 11.5 Å². The minimum atomic E-state index is -0.859. The zero-order valence-corrected chi connectivity index (χ0v) is 13.5. The van der Waals surface area contributed by atoms with Crippen molar-refractivity contribution >= 4 is 10.8 Å². The van der Waals surface area contributed by atoms with E-state index in [0.717, 1.165) is 0 Å². The number of aryl methyl sites for hydroxylation is 2. The first-order valence-corrected chi connectivity index (χ1v) is 8.43. The highest BCUT2D eigenvalue weighted by Gasteiger charge is 2.09. The Labute approximate surface area is 124 Å². The molecule has 0 saturated heterocycles. The second kappa shape index (κ2) is 6.36. The number of benzene rings is 2. The Balaban J connectivity index is 2.13. The molecule has 0 heterocycles. The summed E-state index contributed by atoms with van der Waals surface area (Å²) in [6.07, 6.45) is 0. The maximum absolute atomic E-state index is 12.4. The highest BCUT2D eigenvalue weighted by atomic mass is 32.2. The van der Waals surface area contributed by atoms with Gasteiger partial charge in [0.15, 0.2) is 0 Å². The largest absolute Gasteiger partial charge is 0.259 e. The van der Waals surface area contributed by atoms with Gasteiger partial charge in [0.1, 0.15) is 0 Å². The first-order chi connectivity index (χ1) is 9.49. The molecule has 1 nitrogen and oxygen atoms in total. The summed E-state index contributed by atoms with van der Waals surface area (Å²) in [5.41, 5.74) is 7.48. The molecule has 0 aromatic heterocycles. The van der Waals surface area contributed by atoms with Gasteiger partial charge in [0, 0.05) is 22.3 Å². The summed E-state index contributed by atoms with van der Waals surface area (Å²) in [5, 5.41) is 0. The Morgan fingerprint density at radius 2 is 1.15 bits per heavy atom. The van der Waals surface area contributed by atoms with E-state index in [4.69, 9.17) is 0 Å². The summed E-state index contributed by atoms with van der Waals surface area (Å²) in [7, 11) is -0.859. The van der Waals surface area contributed by atoms with E-state index in [1.54, 1.807) is 0 Å². The van der Waals surface area contributed by atoms with E-state index in [9.17, 15) is 4.21 Å². The van der Waals surface area contributed by atoms with Gasteiger partial charge in [-0.05, 0) is 61.1 Å². The summed E-state index contributed by atoms with van der Waals surface area (Å²) in [4.78, 5) is 0. The van der Waals surface area contributed by atoms with Gasteiger partial charge in [0.2, 0.25) is 0 Å². The van der Waals surface area contributed by atoms with Gasteiger partial charge >= 0.3 is 0 Å². The number of hydrogen-bond acceptors (Lipinski definition) is 1. The molecule has 0 radical (unpaired) electrons. The highest BCUT2D eigenvalue weighted by Crippen LogP contribution is 2.18. The van der Waals surface area contributed by atoms with Gasteiger partial charge in [0.05, 0.1) is 0 Å². The molecule has 2 aromatic rings. The Hall–Kier alpha value is -1.41. The normalized spacial score (nSPS) is 11.1. The van der Waals surface area contributed by atoms with Crippen LogP contribution in [0.25, 0.3) is 0 Å². The summed E-state index contributed by atoms with van der Waals surface area (Å²) in [6.45, 7) is 8.43. The molecule has 0 atom stereocenters. The lowest BCUT2D eigenvalue weighted by atomic mass is 10.1. The van der Waals surface area contributed by atoms with Gasteiger partial charge in [-0.1, -0.05) is 36.4 Å². The fourth-order valence-corrected chi connectivity index (χ4v) is 3.76. The minimum Gasteiger partial charge on any atom is -0.259 e. The maximum atomic E-state index is 12.4. The van der Waals surface area contributed by atoms with Crippen molar-refractivity contribution in [3.05, 3.63) is 69.8 Å². The lowest BCUT2D eigenvalue weighted by molar-refractivity contribution is 0.682. The van der Waals surface area contributed by atoms with Crippen LogP contribution in [-0.2, 0) is 22.3 Å². The Bertz CT molecular complexity index is 588. The van der Waals surface area contributed by atoms with E-state index >= 15 is 0 Å². The lowest BCUT2D eigenvalue weighted by Crippen LogP contribution is -2.03. The molecule has 0 aliphatic carbocycles. The molecule has 2 aromatic carbocycles. The summed E-state index contributed by atoms with van der Waals surface area (Å²) in [5.74, 6) is 1.28. The molecule has 0 fully saturated rings. The third-order valence-corrected chi connectivity index (χ3v) is 5.33. The SMILES string of the molecule is Cc1cccc(CS(=O)Cc2cccc(C)c2C)c1C. The van der Waals surface area contributed by atoms with Gasteiger partial charge in [-0.15, -0.1) is 0 Å². The van der Waals surface area contributed by atoms with Crippen LogP contribution in [-0.4, -0.2) is 4.21 Å². The van der Waals surface area contributed by atoms with Crippen LogP contribution in [0.3, 0.4) is 0 Å². The van der Waals surface area contributed by atoms with Crippen molar-refractivity contribution in [3.8, 4) is 0 Å². The van der Waals surface area contributed by atoms with Crippen LogP contribution in [0, 0.1) is 27.7 Å². The molecule has 106 valence electrons. The van der Waals surface area contributed by atoms with Crippen LogP contribution in [0.1, 0.15) is 33.4 Å². The second-order valence-electron chi connectivity index (χ2n) is 5.45. The van der Waals surface area contributed by atoms with Crippen LogP contribution >= 0.6 is 0 Å². The number of hydrogen-bond donors (Lipinski definition) is 0. The fourth-order valence-electron chi connectivity index (χ4n) is 2.33. The van der Waals surface area contributed by atoms with Crippen molar-refractivity contribution in [1.29, 1.82) is 0 Å². The number of rotatable bonds is 4. The molecule has 2 rings (SSSR count). The van der Waals surface area contributed by atoms with Crippen LogP contribution < -0.4 is 0 Å². The lowest BCUT2D eigenvalue weighted by Gasteiger charge is -2.11. The third-order valence-electron chi connectivity index (χ3n) is 4.07. The van der Waals surface area contributed by atoms with Crippen molar-refractivity contribution in [2.75, 3.05) is 0 Å². The quantitative estimate of drug-likeness (QED) is 0.815. The Kier molecular flexibility index (Phi) is 4.77. The van der Waals surface area contributed by atoms with Gasteiger partial charge in [0.25, 0.3) is 0 Å². The molecule has 0 saturated carbocycles. The van der Waals surface area contributed by atoms with Gasteiger partial charge in [-0.2, -0.15) is 0 Å². The molecular weight excluding hydrogens is 264 g/mol. The predicted octanol–water partition coefficient (Wildman–Crippen LogP) is 4.37. The standard InChI is InChI=1S/C18H22OS/c1-13-7-5-9-17(15(13)3)11-20(19)12-18-10-6-8-14(2)16(18)4/h5-10H,11-12H2,1-4H3. The monoisotopic (exact) mass is 286 g/mol. The second-order valence-corrected chi connectivity index (χ2v) is 6.90. The maximum Gasteiger partial charge on any atom is 0.0491 e. The molecule has 0 aliphatic rings. The van der Waals surface area contributed by atoms with Crippen molar-refractivity contribution in [1.82, 2.24) is 0 Å². The molecule has 0 spiro atoms. The topological polar surface area (TPSA) is 17.1 Å². The van der Waals surface area contributed by atoms with Gasteiger partial charge in [-0.3, -0.25) is 4.21 Å². The van der Waals surface area contributed by atoms with E-state index in [1.807, 2.05) is 12.1 Å². The van der Waals surface area contributed by atoms with Crippen LogP contribution in [0.15, 0.2) is 36.4 Å². The Morgan fingerprint density at radius 3 is 1.55 bits per heavy atom. The third kappa shape index (κ3) is 3.37. The molecule has 0 unspecified atom stereocenters. The predicted molar refractivity (Wildman–Crippen MR) is 87.4 cm³/mol. The van der Waals surface area contributed by atoms with Crippen LogP contribution in [0.2, 0.25) is 0 Å². The smallest absolute Gasteiger partial charge is 0.0491 e. The van der Waals surface area contributed by atoms with E-state index in [-0.39, 0.29) is 0 Å². The summed E-state index contributed by atoms with van der Waals surface area (Å²) in [6, 6.07) is 12.5. The zero-order chi connectivity index (χ0) is 14.7. The zero-order valence-electron chi connectivity index (χ0n) is 12.7. The van der Waals surface area contributed by atoms with Crippen LogP contribution in [0.5, 0.6) is 0 Å². The van der Waals surface area contributed by atoms with Crippen LogP contribution in [0.4, 0.5) is 0 Å². The average molecular weight is 286 g/mol. The molecular formula is C18H22OS. The van der Waals surface area contributed by atoms with Gasteiger partial charge in [-0.25, -0.2) is 0 Å². The molecule has 0 amide bonds. The minimum absolute atomic E-state index is 0.640. The molecule has 20 heavy (non-hydrogen) atoms. The highest BCUT2D eigenvalue weighted by molar-refractivity contribution is 7.83. The van der Waals surface area contributed by atoms with Gasteiger partial charge < -0.3 is 0 Å². The van der Waals surface area contributed by atoms with Crippen molar-refractivity contribution in [3.63, 3.8) is 0 Å². The van der Waals surface area contributed by atoms with E-state index < -0.39 is 10.8 Å². The first kappa shape index (κ1) is 15.0. The average Bonchev–Trinajstić information content (AvgIpc) is 2.40. The van der Waals surface area contributed by atoms with Crippen molar-refractivity contribution in [2.45, 2.75) is 39.2 Å². The van der Waals surface area contributed by atoms with Crippen molar-refractivity contribution < 1.29 is 4.21 Å². The molecule has 2 heteroatoms. The first-order valence-electron chi connectivity index (χ1n) is 6.94. The molecule has 0 N–H and O–H groups in total. The molecule has 0 aliphatic heterocycles. The van der Waals surface area contributed by atoms with E-state index in [2.05, 4.69) is 52.0 Å². The Morgan fingerprint density at radius 1 is 0.750 bits per heavy atom.